The molecule has 1 aliphatic rings. The first kappa shape index (κ1) is 26.4. The van der Waals surface area contributed by atoms with E-state index in [1.807, 2.05) is 87.6 Å². The fraction of sp³-hybridized carbons (Fsp3) is 0.296. The molecule has 2 heterocycles. The lowest BCUT2D eigenvalue weighted by Crippen LogP contribution is -2.40. The lowest BCUT2D eigenvalue weighted by Gasteiger charge is -2.25. The van der Waals surface area contributed by atoms with Gasteiger partial charge in [0.05, 0.1) is 33.6 Å². The van der Waals surface area contributed by atoms with E-state index in [1.165, 1.54) is 11.3 Å². The maximum Gasteiger partial charge on any atom is 0.338 e. The summed E-state index contributed by atoms with van der Waals surface area (Å²) in [5.41, 5.74) is 3.54. The summed E-state index contributed by atoms with van der Waals surface area (Å²) in [7, 11) is 3.96. The van der Waals surface area contributed by atoms with Crippen LogP contribution >= 0.6 is 39.0 Å². The van der Waals surface area contributed by atoms with Crippen molar-refractivity contribution in [2.24, 2.45) is 4.99 Å². The smallest absolute Gasteiger partial charge is 0.338 e. The molecule has 0 fully saturated rings. The normalized spacial score (nSPS) is 15.7. The molecule has 1 aromatic heterocycles. The number of fused-ring (bicyclic) bond motifs is 1. The third kappa shape index (κ3) is 5.23. The van der Waals surface area contributed by atoms with Crippen LogP contribution < -0.4 is 19.8 Å². The number of carbonyl (C=O) groups is 1. The van der Waals surface area contributed by atoms with Gasteiger partial charge in [0.15, 0.2) is 4.80 Å². The van der Waals surface area contributed by atoms with E-state index in [1.54, 1.807) is 23.3 Å². The van der Waals surface area contributed by atoms with Crippen LogP contribution in [0.3, 0.4) is 0 Å². The Balaban J connectivity index is 1.90. The van der Waals surface area contributed by atoms with Gasteiger partial charge in [-0.05, 0) is 84.4 Å². The van der Waals surface area contributed by atoms with Crippen molar-refractivity contribution in [2.75, 3.05) is 25.3 Å². The van der Waals surface area contributed by atoms with Crippen molar-refractivity contribution >= 4 is 56.8 Å². The van der Waals surface area contributed by atoms with Crippen LogP contribution in [0.1, 0.15) is 37.9 Å². The van der Waals surface area contributed by atoms with Crippen molar-refractivity contribution in [1.29, 1.82) is 0 Å². The van der Waals surface area contributed by atoms with E-state index in [0.717, 1.165) is 26.2 Å². The van der Waals surface area contributed by atoms with Gasteiger partial charge in [0.25, 0.3) is 5.56 Å². The Labute approximate surface area is 227 Å². The second-order valence-corrected chi connectivity index (χ2v) is 11.7. The largest absolute Gasteiger partial charge is 0.459 e. The number of thioether (sulfide) groups is 1. The Bertz CT molecular complexity index is 1520. The lowest BCUT2D eigenvalue weighted by molar-refractivity contribution is -0.143. The molecule has 4 rings (SSSR count). The number of esters is 1. The second kappa shape index (κ2) is 10.8. The Morgan fingerprint density at radius 1 is 1.22 bits per heavy atom. The van der Waals surface area contributed by atoms with Gasteiger partial charge >= 0.3 is 5.97 Å². The standard InChI is InChI=1S/C27H28BrN3O3S2/c1-15(2)34-26(33)23-16(3)29-27-31(24(23)18-8-10-19(35-6)11-9-18)25(32)22(36-27)14-17-7-12-21(30(4)5)20(28)13-17/h7-15,24H,1-6H3/b22-14-/t24-/m0/s1. The van der Waals surface area contributed by atoms with Gasteiger partial charge < -0.3 is 9.64 Å². The monoisotopic (exact) mass is 585 g/mol. The van der Waals surface area contributed by atoms with Crippen LogP contribution in [0.25, 0.3) is 6.08 Å². The van der Waals surface area contributed by atoms with Crippen molar-refractivity contribution in [2.45, 2.75) is 37.8 Å². The maximum absolute atomic E-state index is 13.8. The summed E-state index contributed by atoms with van der Waals surface area (Å²) < 4.78 is 8.68. The van der Waals surface area contributed by atoms with Crippen molar-refractivity contribution < 1.29 is 9.53 Å². The number of ether oxygens (including phenoxy) is 1. The minimum Gasteiger partial charge on any atom is -0.459 e. The lowest BCUT2D eigenvalue weighted by atomic mass is 9.96. The predicted molar refractivity (Wildman–Crippen MR) is 152 cm³/mol. The van der Waals surface area contributed by atoms with Crippen molar-refractivity contribution in [3.05, 3.63) is 89.0 Å². The van der Waals surface area contributed by atoms with Crippen molar-refractivity contribution in [3.63, 3.8) is 0 Å². The zero-order chi connectivity index (χ0) is 26.1. The highest BCUT2D eigenvalue weighted by atomic mass is 79.9. The molecule has 0 N–H and O–H groups in total. The third-order valence-corrected chi connectivity index (χ3v) is 8.13. The Morgan fingerprint density at radius 2 is 1.92 bits per heavy atom. The Kier molecular flexibility index (Phi) is 7.92. The van der Waals surface area contributed by atoms with E-state index in [-0.39, 0.29) is 11.7 Å². The average molecular weight is 587 g/mol. The van der Waals surface area contributed by atoms with Gasteiger partial charge in [-0.3, -0.25) is 9.36 Å². The van der Waals surface area contributed by atoms with Gasteiger partial charge in [-0.2, -0.15) is 0 Å². The van der Waals surface area contributed by atoms with E-state index in [4.69, 9.17) is 4.74 Å². The molecule has 36 heavy (non-hydrogen) atoms. The topological polar surface area (TPSA) is 63.9 Å². The zero-order valence-electron chi connectivity index (χ0n) is 21.0. The van der Waals surface area contributed by atoms with E-state index in [0.29, 0.717) is 20.6 Å². The molecule has 0 amide bonds. The molecule has 0 spiro atoms. The zero-order valence-corrected chi connectivity index (χ0v) is 24.3. The van der Waals surface area contributed by atoms with Crippen molar-refractivity contribution in [3.8, 4) is 0 Å². The van der Waals surface area contributed by atoms with Crippen molar-refractivity contribution in [1.82, 2.24) is 4.57 Å². The molecule has 188 valence electrons. The summed E-state index contributed by atoms with van der Waals surface area (Å²) in [5, 5.41) is 0. The number of thiazole rings is 1. The second-order valence-electron chi connectivity index (χ2n) is 8.91. The Morgan fingerprint density at radius 3 is 2.50 bits per heavy atom. The number of anilines is 1. The summed E-state index contributed by atoms with van der Waals surface area (Å²) in [5.74, 6) is -0.456. The van der Waals surface area contributed by atoms with Gasteiger partial charge in [0.2, 0.25) is 0 Å². The molecule has 0 radical (unpaired) electrons. The minimum absolute atomic E-state index is 0.187. The summed E-state index contributed by atoms with van der Waals surface area (Å²) in [4.78, 5) is 35.3. The predicted octanol–water partition coefficient (Wildman–Crippen LogP) is 4.74. The molecule has 6 nitrogen and oxygen atoms in total. The number of allylic oxidation sites excluding steroid dienone is 1. The number of benzene rings is 2. The number of hydrogen-bond acceptors (Lipinski definition) is 7. The first-order valence-electron chi connectivity index (χ1n) is 11.4. The average Bonchev–Trinajstić information content (AvgIpc) is 3.11. The first-order valence-corrected chi connectivity index (χ1v) is 14.3. The fourth-order valence-corrected chi connectivity index (χ4v) is 6.29. The van der Waals surface area contributed by atoms with Crippen LogP contribution in [0.5, 0.6) is 0 Å². The first-order chi connectivity index (χ1) is 17.1. The van der Waals surface area contributed by atoms with E-state index in [9.17, 15) is 9.59 Å². The molecular formula is C27H28BrN3O3S2. The molecule has 0 saturated heterocycles. The van der Waals surface area contributed by atoms with E-state index < -0.39 is 12.0 Å². The highest BCUT2D eigenvalue weighted by Gasteiger charge is 2.33. The molecule has 9 heteroatoms. The van der Waals surface area contributed by atoms with E-state index >= 15 is 0 Å². The number of carbonyl (C=O) groups excluding carboxylic acids is 1. The highest BCUT2D eigenvalue weighted by molar-refractivity contribution is 9.10. The summed E-state index contributed by atoms with van der Waals surface area (Å²) in [6, 6.07) is 13.3. The van der Waals surface area contributed by atoms with Crippen LogP contribution in [0, 0.1) is 0 Å². The summed E-state index contributed by atoms with van der Waals surface area (Å²) in [6.07, 6.45) is 3.59. The van der Waals surface area contributed by atoms with Crippen LogP contribution in [0.4, 0.5) is 5.69 Å². The number of hydrogen-bond donors (Lipinski definition) is 0. The Hall–Kier alpha value is -2.62. The van der Waals surface area contributed by atoms with Gasteiger partial charge in [0, 0.05) is 23.5 Å². The number of nitrogens with zero attached hydrogens (tertiary/aromatic N) is 3. The van der Waals surface area contributed by atoms with Gasteiger partial charge in [-0.15, -0.1) is 11.8 Å². The number of aromatic nitrogens is 1. The number of halogens is 1. The molecule has 0 unspecified atom stereocenters. The fourth-order valence-electron chi connectivity index (χ4n) is 4.09. The SMILES string of the molecule is CSc1ccc([C@H]2C(C(=O)OC(C)C)=C(C)N=c3s/c(=C\c4ccc(N(C)C)c(Br)c4)c(=O)n32)cc1. The van der Waals surface area contributed by atoms with Gasteiger partial charge in [-0.1, -0.05) is 29.5 Å². The summed E-state index contributed by atoms with van der Waals surface area (Å²) >= 11 is 6.58. The molecular weight excluding hydrogens is 558 g/mol. The summed E-state index contributed by atoms with van der Waals surface area (Å²) in [6.45, 7) is 5.42. The van der Waals surface area contributed by atoms with Gasteiger partial charge in [-0.25, -0.2) is 9.79 Å². The molecule has 0 aliphatic carbocycles. The molecule has 2 aromatic carbocycles. The molecule has 3 aromatic rings. The minimum atomic E-state index is -0.617. The van der Waals surface area contributed by atoms with E-state index in [2.05, 4.69) is 20.9 Å². The van der Waals surface area contributed by atoms with Crippen LogP contribution in [-0.2, 0) is 9.53 Å². The molecule has 1 atom stereocenters. The molecule has 1 aliphatic heterocycles. The molecule has 0 bridgehead atoms. The maximum atomic E-state index is 13.8. The van der Waals surface area contributed by atoms with Crippen LogP contribution in [0.2, 0.25) is 0 Å². The molecule has 0 saturated carbocycles. The van der Waals surface area contributed by atoms with Gasteiger partial charge in [0.1, 0.15) is 0 Å². The highest BCUT2D eigenvalue weighted by Crippen LogP contribution is 2.32. The van der Waals surface area contributed by atoms with Crippen LogP contribution in [0.15, 0.2) is 72.9 Å². The number of rotatable bonds is 6. The van der Waals surface area contributed by atoms with Crippen LogP contribution in [-0.4, -0.2) is 37.0 Å². The quantitative estimate of drug-likeness (QED) is 0.309. The third-order valence-electron chi connectivity index (χ3n) is 5.77.